The van der Waals surface area contributed by atoms with Crippen molar-refractivity contribution >= 4 is 12.4 Å². The van der Waals surface area contributed by atoms with Gasteiger partial charge in [-0.3, -0.25) is 0 Å². The topological polar surface area (TPSA) is 35.2 Å². The number of halogens is 1. The first-order chi connectivity index (χ1) is 8.22. The lowest BCUT2D eigenvalue weighted by Crippen LogP contribution is -2.04. The number of para-hydroxylation sites is 1. The minimum Gasteiger partial charge on any atom is -0.496 e. The molecule has 0 aliphatic carbocycles. The third-order valence-electron chi connectivity index (χ3n) is 2.83. The van der Waals surface area contributed by atoms with E-state index in [9.17, 15) is 0 Å². The van der Waals surface area contributed by atoms with Gasteiger partial charge in [-0.1, -0.05) is 36.4 Å². The van der Waals surface area contributed by atoms with Gasteiger partial charge in [-0.25, -0.2) is 0 Å². The number of hydrogen-bond acceptors (Lipinski definition) is 2. The molecule has 0 heterocycles. The molecule has 0 aliphatic rings. The van der Waals surface area contributed by atoms with E-state index in [0.29, 0.717) is 0 Å². The second-order valence-electron chi connectivity index (χ2n) is 4.11. The van der Waals surface area contributed by atoms with Crippen LogP contribution in [-0.4, -0.2) is 7.11 Å². The van der Waals surface area contributed by atoms with Crippen molar-refractivity contribution in [2.24, 2.45) is 5.73 Å². The van der Waals surface area contributed by atoms with Gasteiger partial charge >= 0.3 is 0 Å². The minimum atomic E-state index is 0. The number of rotatable bonds is 3. The largest absolute Gasteiger partial charge is 0.496 e. The zero-order chi connectivity index (χ0) is 12.3. The average Bonchev–Trinajstić information content (AvgIpc) is 2.39. The molecular formula is C15H18ClNO. The van der Waals surface area contributed by atoms with Gasteiger partial charge in [0.15, 0.2) is 0 Å². The number of ether oxygens (including phenoxy) is 1. The Morgan fingerprint density at radius 1 is 1.06 bits per heavy atom. The van der Waals surface area contributed by atoms with Gasteiger partial charge in [0.05, 0.1) is 7.11 Å². The zero-order valence-corrected chi connectivity index (χ0v) is 11.4. The lowest BCUT2D eigenvalue weighted by atomic mass is 10.00. The molecule has 96 valence electrons. The molecule has 0 bridgehead atoms. The average molecular weight is 264 g/mol. The molecule has 1 unspecified atom stereocenters. The summed E-state index contributed by atoms with van der Waals surface area (Å²) in [4.78, 5) is 0. The fourth-order valence-corrected chi connectivity index (χ4v) is 1.87. The normalized spacial score (nSPS) is 11.5. The quantitative estimate of drug-likeness (QED) is 0.914. The maximum Gasteiger partial charge on any atom is 0.126 e. The molecule has 0 fully saturated rings. The van der Waals surface area contributed by atoms with Crippen molar-refractivity contribution in [2.45, 2.75) is 13.0 Å². The second kappa shape index (κ2) is 6.43. The van der Waals surface area contributed by atoms with Gasteiger partial charge in [0.25, 0.3) is 0 Å². The smallest absolute Gasteiger partial charge is 0.126 e. The van der Waals surface area contributed by atoms with Gasteiger partial charge in [0.1, 0.15) is 5.75 Å². The molecule has 3 heteroatoms. The molecular weight excluding hydrogens is 246 g/mol. The van der Waals surface area contributed by atoms with E-state index in [2.05, 4.69) is 18.2 Å². The van der Waals surface area contributed by atoms with E-state index in [1.165, 1.54) is 0 Å². The standard InChI is InChI=1S/C15H17NO.ClH/c1-11(16)12-6-5-7-13(10-12)14-8-3-4-9-15(14)17-2;/h3-11H,16H2,1-2H3;1H. The number of benzene rings is 2. The van der Waals surface area contributed by atoms with Crippen LogP contribution in [0.15, 0.2) is 48.5 Å². The molecule has 18 heavy (non-hydrogen) atoms. The van der Waals surface area contributed by atoms with Gasteiger partial charge in [-0.15, -0.1) is 12.4 Å². The maximum atomic E-state index is 5.90. The summed E-state index contributed by atoms with van der Waals surface area (Å²) in [5.74, 6) is 0.884. The molecule has 2 rings (SSSR count). The van der Waals surface area contributed by atoms with E-state index in [1.807, 2.05) is 37.3 Å². The second-order valence-corrected chi connectivity index (χ2v) is 4.11. The molecule has 2 N–H and O–H groups in total. The number of methoxy groups -OCH3 is 1. The fraction of sp³-hybridized carbons (Fsp3) is 0.200. The van der Waals surface area contributed by atoms with Crippen molar-refractivity contribution in [1.82, 2.24) is 0 Å². The van der Waals surface area contributed by atoms with E-state index in [1.54, 1.807) is 7.11 Å². The molecule has 0 radical (unpaired) electrons. The lowest BCUT2D eigenvalue weighted by Gasteiger charge is -2.11. The summed E-state index contributed by atoms with van der Waals surface area (Å²) >= 11 is 0. The van der Waals surface area contributed by atoms with Crippen LogP contribution in [0.3, 0.4) is 0 Å². The molecule has 0 aromatic heterocycles. The highest BCUT2D eigenvalue weighted by Gasteiger charge is 2.06. The Morgan fingerprint density at radius 2 is 1.78 bits per heavy atom. The predicted octanol–water partition coefficient (Wildman–Crippen LogP) is 3.80. The summed E-state index contributed by atoms with van der Waals surface area (Å²) in [6.07, 6.45) is 0. The Bertz CT molecular complexity index is 511. The van der Waals surface area contributed by atoms with Crippen LogP contribution in [-0.2, 0) is 0 Å². The fourth-order valence-electron chi connectivity index (χ4n) is 1.87. The molecule has 0 saturated heterocycles. The Hall–Kier alpha value is -1.51. The lowest BCUT2D eigenvalue weighted by molar-refractivity contribution is 0.416. The molecule has 2 nitrogen and oxygen atoms in total. The number of nitrogens with two attached hydrogens (primary N) is 1. The van der Waals surface area contributed by atoms with Crippen LogP contribution in [0.4, 0.5) is 0 Å². The Morgan fingerprint density at radius 3 is 2.44 bits per heavy atom. The Labute approximate surface area is 114 Å². The molecule has 0 spiro atoms. The summed E-state index contributed by atoms with van der Waals surface area (Å²) in [5, 5.41) is 0. The van der Waals surface area contributed by atoms with Crippen LogP contribution >= 0.6 is 12.4 Å². The van der Waals surface area contributed by atoms with E-state index < -0.39 is 0 Å². The molecule has 0 saturated carbocycles. The number of hydrogen-bond donors (Lipinski definition) is 1. The zero-order valence-electron chi connectivity index (χ0n) is 10.6. The van der Waals surface area contributed by atoms with Crippen LogP contribution in [0.1, 0.15) is 18.5 Å². The van der Waals surface area contributed by atoms with Crippen LogP contribution in [0.25, 0.3) is 11.1 Å². The van der Waals surface area contributed by atoms with E-state index in [0.717, 1.165) is 22.4 Å². The minimum absolute atomic E-state index is 0. The molecule has 0 aliphatic heterocycles. The van der Waals surface area contributed by atoms with Crippen molar-refractivity contribution in [1.29, 1.82) is 0 Å². The first-order valence-electron chi connectivity index (χ1n) is 5.71. The monoisotopic (exact) mass is 263 g/mol. The summed E-state index contributed by atoms with van der Waals surface area (Å²) in [6.45, 7) is 1.99. The summed E-state index contributed by atoms with van der Waals surface area (Å²) < 4.78 is 5.37. The molecule has 1 atom stereocenters. The van der Waals surface area contributed by atoms with E-state index in [4.69, 9.17) is 10.5 Å². The van der Waals surface area contributed by atoms with Gasteiger partial charge in [-0.2, -0.15) is 0 Å². The van der Waals surface area contributed by atoms with Gasteiger partial charge < -0.3 is 10.5 Å². The van der Waals surface area contributed by atoms with Crippen molar-refractivity contribution in [2.75, 3.05) is 7.11 Å². The molecule has 2 aromatic carbocycles. The van der Waals surface area contributed by atoms with Crippen LogP contribution in [0.5, 0.6) is 5.75 Å². The van der Waals surface area contributed by atoms with Crippen LogP contribution < -0.4 is 10.5 Å². The van der Waals surface area contributed by atoms with Crippen LogP contribution in [0, 0.1) is 0 Å². The highest BCUT2D eigenvalue weighted by atomic mass is 35.5. The predicted molar refractivity (Wildman–Crippen MR) is 78.3 cm³/mol. The van der Waals surface area contributed by atoms with E-state index >= 15 is 0 Å². The van der Waals surface area contributed by atoms with Crippen LogP contribution in [0.2, 0.25) is 0 Å². The Kier molecular flexibility index (Phi) is 5.20. The molecule has 0 amide bonds. The highest BCUT2D eigenvalue weighted by Crippen LogP contribution is 2.30. The third kappa shape index (κ3) is 3.03. The van der Waals surface area contributed by atoms with Crippen molar-refractivity contribution in [3.63, 3.8) is 0 Å². The van der Waals surface area contributed by atoms with E-state index in [-0.39, 0.29) is 18.4 Å². The van der Waals surface area contributed by atoms with Crippen molar-refractivity contribution in [3.8, 4) is 16.9 Å². The maximum absolute atomic E-state index is 5.90. The molecule has 2 aromatic rings. The first-order valence-corrected chi connectivity index (χ1v) is 5.71. The van der Waals surface area contributed by atoms with Gasteiger partial charge in [-0.05, 0) is 30.2 Å². The van der Waals surface area contributed by atoms with Gasteiger partial charge in [0, 0.05) is 11.6 Å². The summed E-state index contributed by atoms with van der Waals surface area (Å²) in [6, 6.07) is 16.3. The summed E-state index contributed by atoms with van der Waals surface area (Å²) in [5.41, 5.74) is 9.26. The van der Waals surface area contributed by atoms with Crippen molar-refractivity contribution in [3.05, 3.63) is 54.1 Å². The highest BCUT2D eigenvalue weighted by molar-refractivity contribution is 5.85. The van der Waals surface area contributed by atoms with Gasteiger partial charge in [0.2, 0.25) is 0 Å². The Balaban J connectivity index is 0.00000162. The first kappa shape index (κ1) is 14.6. The summed E-state index contributed by atoms with van der Waals surface area (Å²) in [7, 11) is 1.69. The van der Waals surface area contributed by atoms with Crippen molar-refractivity contribution < 1.29 is 4.74 Å². The third-order valence-corrected chi connectivity index (χ3v) is 2.83. The SMILES string of the molecule is COc1ccccc1-c1cccc(C(C)N)c1.Cl.